The molecule has 2 N–H and O–H groups in total. The Bertz CT molecular complexity index is 538. The van der Waals surface area contributed by atoms with Gasteiger partial charge in [-0.25, -0.2) is 13.1 Å². The molecule has 1 aromatic carbocycles. The SMILES string of the molecule is Cc1ccc(S(=O)(=O)NC[C@H]2C[C@@H](O)C2)cc1Br. The first-order chi connectivity index (χ1) is 8.38. The van der Waals surface area contributed by atoms with E-state index in [0.29, 0.717) is 19.4 Å². The van der Waals surface area contributed by atoms with Crippen molar-refractivity contribution in [1.29, 1.82) is 0 Å². The quantitative estimate of drug-likeness (QED) is 0.883. The highest BCUT2D eigenvalue weighted by Crippen LogP contribution is 2.27. The molecule has 4 nitrogen and oxygen atoms in total. The fourth-order valence-electron chi connectivity index (χ4n) is 1.92. The lowest BCUT2D eigenvalue weighted by Crippen LogP contribution is -2.38. The number of nitrogens with one attached hydrogen (secondary N) is 1. The maximum Gasteiger partial charge on any atom is 0.240 e. The topological polar surface area (TPSA) is 66.4 Å². The van der Waals surface area contributed by atoms with Gasteiger partial charge >= 0.3 is 0 Å². The molecule has 0 saturated heterocycles. The van der Waals surface area contributed by atoms with Gasteiger partial charge in [-0.2, -0.15) is 0 Å². The van der Waals surface area contributed by atoms with Gasteiger partial charge in [0.1, 0.15) is 0 Å². The molecule has 100 valence electrons. The van der Waals surface area contributed by atoms with Crippen LogP contribution in [0.5, 0.6) is 0 Å². The minimum absolute atomic E-state index is 0.253. The summed E-state index contributed by atoms with van der Waals surface area (Å²) in [4.78, 5) is 0.264. The van der Waals surface area contributed by atoms with E-state index in [1.807, 2.05) is 6.92 Å². The van der Waals surface area contributed by atoms with Crippen molar-refractivity contribution in [3.05, 3.63) is 28.2 Å². The highest BCUT2D eigenvalue weighted by Gasteiger charge is 2.28. The smallest absolute Gasteiger partial charge is 0.240 e. The van der Waals surface area contributed by atoms with Crippen LogP contribution in [-0.4, -0.2) is 26.2 Å². The van der Waals surface area contributed by atoms with Crippen molar-refractivity contribution in [3.8, 4) is 0 Å². The van der Waals surface area contributed by atoms with E-state index in [1.165, 1.54) is 0 Å². The number of benzene rings is 1. The average Bonchev–Trinajstić information content (AvgIpc) is 2.26. The summed E-state index contributed by atoms with van der Waals surface area (Å²) in [6, 6.07) is 4.97. The summed E-state index contributed by atoms with van der Waals surface area (Å²) >= 11 is 3.33. The van der Waals surface area contributed by atoms with Gasteiger partial charge in [0.15, 0.2) is 0 Å². The Kier molecular flexibility index (Phi) is 4.11. The first-order valence-corrected chi connectivity index (χ1v) is 8.10. The number of hydrogen-bond acceptors (Lipinski definition) is 3. The highest BCUT2D eigenvalue weighted by atomic mass is 79.9. The van der Waals surface area contributed by atoms with Crippen LogP contribution in [0.4, 0.5) is 0 Å². The van der Waals surface area contributed by atoms with Gasteiger partial charge in [0.05, 0.1) is 11.0 Å². The first-order valence-electron chi connectivity index (χ1n) is 5.82. The summed E-state index contributed by atoms with van der Waals surface area (Å²) in [6.07, 6.45) is 1.10. The van der Waals surface area contributed by atoms with Crippen LogP contribution in [0, 0.1) is 12.8 Å². The minimum atomic E-state index is -3.45. The van der Waals surface area contributed by atoms with Gasteiger partial charge in [-0.05, 0) is 43.4 Å². The summed E-state index contributed by atoms with van der Waals surface area (Å²) in [5, 5.41) is 9.15. The summed E-state index contributed by atoms with van der Waals surface area (Å²) in [5.41, 5.74) is 0.996. The zero-order chi connectivity index (χ0) is 13.3. The lowest BCUT2D eigenvalue weighted by Gasteiger charge is -2.31. The highest BCUT2D eigenvalue weighted by molar-refractivity contribution is 9.10. The largest absolute Gasteiger partial charge is 0.393 e. The number of halogens is 1. The molecular formula is C12H16BrNO3S. The Hall–Kier alpha value is -0.430. The van der Waals surface area contributed by atoms with Gasteiger partial charge in [-0.1, -0.05) is 22.0 Å². The molecule has 0 unspecified atom stereocenters. The van der Waals surface area contributed by atoms with Crippen molar-refractivity contribution in [1.82, 2.24) is 4.72 Å². The molecule has 0 atom stereocenters. The maximum absolute atomic E-state index is 12.0. The summed E-state index contributed by atoms with van der Waals surface area (Å²) in [6.45, 7) is 2.30. The van der Waals surface area contributed by atoms with Gasteiger partial charge in [0.25, 0.3) is 0 Å². The van der Waals surface area contributed by atoms with Gasteiger partial charge in [0.2, 0.25) is 10.0 Å². The van der Waals surface area contributed by atoms with Crippen LogP contribution in [0.2, 0.25) is 0 Å². The first kappa shape index (κ1) is 14.0. The molecule has 0 aliphatic heterocycles. The Morgan fingerprint density at radius 2 is 2.11 bits per heavy atom. The summed E-state index contributed by atoms with van der Waals surface area (Å²) < 4.78 is 27.4. The third-order valence-electron chi connectivity index (χ3n) is 3.23. The van der Waals surface area contributed by atoms with Crippen LogP contribution < -0.4 is 4.72 Å². The molecule has 1 aromatic rings. The van der Waals surface area contributed by atoms with Gasteiger partial charge in [0, 0.05) is 11.0 Å². The predicted molar refractivity (Wildman–Crippen MR) is 72.8 cm³/mol. The van der Waals surface area contributed by atoms with Crippen LogP contribution in [0.1, 0.15) is 18.4 Å². The van der Waals surface area contributed by atoms with Crippen molar-refractivity contribution in [2.45, 2.75) is 30.8 Å². The Morgan fingerprint density at radius 3 is 2.67 bits per heavy atom. The van der Waals surface area contributed by atoms with E-state index in [0.717, 1.165) is 10.0 Å². The zero-order valence-corrected chi connectivity index (χ0v) is 12.5. The molecule has 6 heteroatoms. The molecule has 0 radical (unpaired) electrons. The number of sulfonamides is 1. The number of aryl methyl sites for hydroxylation is 1. The lowest BCUT2D eigenvalue weighted by molar-refractivity contribution is 0.0453. The van der Waals surface area contributed by atoms with E-state index in [2.05, 4.69) is 20.7 Å². The predicted octanol–water partition coefficient (Wildman–Crippen LogP) is 1.81. The van der Waals surface area contributed by atoms with Crippen molar-refractivity contribution in [2.24, 2.45) is 5.92 Å². The van der Waals surface area contributed by atoms with E-state index in [4.69, 9.17) is 5.11 Å². The van der Waals surface area contributed by atoms with Crippen molar-refractivity contribution < 1.29 is 13.5 Å². The van der Waals surface area contributed by atoms with E-state index in [9.17, 15) is 8.42 Å². The summed E-state index contributed by atoms with van der Waals surface area (Å²) in [7, 11) is -3.45. The average molecular weight is 334 g/mol. The second-order valence-electron chi connectivity index (χ2n) is 4.75. The number of rotatable bonds is 4. The molecule has 1 saturated carbocycles. The molecule has 0 amide bonds. The van der Waals surface area contributed by atoms with Crippen LogP contribution in [0.15, 0.2) is 27.6 Å². The minimum Gasteiger partial charge on any atom is -0.393 e. The van der Waals surface area contributed by atoms with Crippen molar-refractivity contribution in [2.75, 3.05) is 6.54 Å². The van der Waals surface area contributed by atoms with E-state index in [1.54, 1.807) is 18.2 Å². The molecule has 0 heterocycles. The Morgan fingerprint density at radius 1 is 1.44 bits per heavy atom. The molecule has 2 rings (SSSR count). The molecule has 0 spiro atoms. The Labute approximate surface area is 116 Å². The fourth-order valence-corrected chi connectivity index (χ4v) is 3.59. The van der Waals surface area contributed by atoms with Gasteiger partial charge in [-0.15, -0.1) is 0 Å². The normalized spacial score (nSPS) is 23.7. The molecule has 1 aliphatic rings. The van der Waals surface area contributed by atoms with E-state index >= 15 is 0 Å². The van der Waals surface area contributed by atoms with Gasteiger partial charge in [-0.3, -0.25) is 0 Å². The fraction of sp³-hybridized carbons (Fsp3) is 0.500. The summed E-state index contributed by atoms with van der Waals surface area (Å²) in [5.74, 6) is 0.253. The van der Waals surface area contributed by atoms with Crippen LogP contribution in [0.25, 0.3) is 0 Å². The number of aliphatic hydroxyl groups excluding tert-OH is 1. The van der Waals surface area contributed by atoms with E-state index in [-0.39, 0.29) is 16.9 Å². The maximum atomic E-state index is 12.0. The zero-order valence-electron chi connectivity index (χ0n) is 10.1. The second-order valence-corrected chi connectivity index (χ2v) is 7.38. The van der Waals surface area contributed by atoms with Crippen molar-refractivity contribution in [3.63, 3.8) is 0 Å². The number of hydrogen-bond donors (Lipinski definition) is 2. The Balaban J connectivity index is 2.03. The standard InChI is InChI=1S/C12H16BrNO3S/c1-8-2-3-11(6-12(8)13)18(16,17)14-7-9-4-10(15)5-9/h2-3,6,9-10,14-15H,4-5,7H2,1H3/t9-,10+. The van der Waals surface area contributed by atoms with E-state index < -0.39 is 10.0 Å². The molecule has 0 aromatic heterocycles. The second kappa shape index (κ2) is 5.28. The third-order valence-corrected chi connectivity index (χ3v) is 5.50. The number of aliphatic hydroxyl groups is 1. The van der Waals surface area contributed by atoms with Crippen LogP contribution in [0.3, 0.4) is 0 Å². The molecule has 0 bridgehead atoms. The lowest BCUT2D eigenvalue weighted by atomic mass is 9.83. The van der Waals surface area contributed by atoms with Crippen molar-refractivity contribution >= 4 is 26.0 Å². The van der Waals surface area contributed by atoms with Gasteiger partial charge < -0.3 is 5.11 Å². The third kappa shape index (κ3) is 3.12. The van der Waals surface area contributed by atoms with Crippen LogP contribution in [-0.2, 0) is 10.0 Å². The molecule has 1 aliphatic carbocycles. The van der Waals surface area contributed by atoms with Crippen LogP contribution >= 0.6 is 15.9 Å². The monoisotopic (exact) mass is 333 g/mol. The molecule has 1 fully saturated rings. The molecular weight excluding hydrogens is 318 g/mol. The molecule has 18 heavy (non-hydrogen) atoms.